The number of hydrogen-bond donors (Lipinski definition) is 1. The molecule has 9 heteroatoms. The van der Waals surface area contributed by atoms with Crippen molar-refractivity contribution in [1.82, 2.24) is 25.2 Å². The van der Waals surface area contributed by atoms with Gasteiger partial charge < -0.3 is 0 Å². The first-order chi connectivity index (χ1) is 7.50. The van der Waals surface area contributed by atoms with E-state index in [1.54, 1.807) is 0 Å². The van der Waals surface area contributed by atoms with Crippen LogP contribution in [0.4, 0.5) is 13.2 Å². The Morgan fingerprint density at radius 1 is 1.38 bits per heavy atom. The molecule has 1 N–H and O–H groups in total. The van der Waals surface area contributed by atoms with Crippen molar-refractivity contribution in [2.75, 3.05) is 0 Å². The highest BCUT2D eigenvalue weighted by atomic mass is 19.4. The summed E-state index contributed by atoms with van der Waals surface area (Å²) in [6.07, 6.45) is -3.48. The molecule has 0 aliphatic rings. The Labute approximate surface area is 85.7 Å². The lowest BCUT2D eigenvalue weighted by atomic mass is 10.2. The monoisotopic (exact) mass is 231 g/mol. The number of rotatable bonds is 1. The van der Waals surface area contributed by atoms with Crippen LogP contribution in [0.15, 0.2) is 23.1 Å². The molecule has 0 fully saturated rings. The van der Waals surface area contributed by atoms with E-state index in [1.165, 1.54) is 0 Å². The fraction of sp³-hybridized carbons (Fsp3) is 0.143. The Morgan fingerprint density at radius 2 is 2.12 bits per heavy atom. The lowest BCUT2D eigenvalue weighted by Gasteiger charge is -2.09. The average Bonchev–Trinajstić information content (AvgIpc) is 2.63. The number of tetrazole rings is 1. The van der Waals surface area contributed by atoms with Gasteiger partial charge >= 0.3 is 11.9 Å². The highest BCUT2D eigenvalue weighted by molar-refractivity contribution is 5.34. The van der Waals surface area contributed by atoms with Gasteiger partial charge in [0.25, 0.3) is 0 Å². The SMILES string of the molecule is O=c1[nH]nnn1-c1ncccc1C(F)(F)F. The Bertz CT molecular complexity index is 557. The molecule has 0 aromatic carbocycles. The maximum Gasteiger partial charge on any atom is 0.420 e. The number of pyridine rings is 1. The number of nitrogens with zero attached hydrogens (tertiary/aromatic N) is 4. The summed E-state index contributed by atoms with van der Waals surface area (Å²) in [6.45, 7) is 0. The Balaban J connectivity index is 2.67. The lowest BCUT2D eigenvalue weighted by Crippen LogP contribution is -2.21. The maximum atomic E-state index is 12.6. The van der Waals surface area contributed by atoms with Gasteiger partial charge in [-0.05, 0) is 22.6 Å². The van der Waals surface area contributed by atoms with E-state index in [0.717, 1.165) is 18.3 Å². The van der Waals surface area contributed by atoms with E-state index in [-0.39, 0.29) is 0 Å². The van der Waals surface area contributed by atoms with Crippen molar-refractivity contribution in [1.29, 1.82) is 0 Å². The molecule has 6 nitrogen and oxygen atoms in total. The highest BCUT2D eigenvalue weighted by Crippen LogP contribution is 2.31. The average molecular weight is 231 g/mol. The molecular formula is C7H4F3N5O. The molecule has 84 valence electrons. The van der Waals surface area contributed by atoms with Crippen LogP contribution in [0.5, 0.6) is 0 Å². The van der Waals surface area contributed by atoms with E-state index in [0.29, 0.717) is 4.68 Å². The van der Waals surface area contributed by atoms with Gasteiger partial charge in [0.1, 0.15) is 5.56 Å². The molecule has 0 unspecified atom stereocenters. The molecule has 2 aromatic heterocycles. The lowest BCUT2D eigenvalue weighted by molar-refractivity contribution is -0.137. The summed E-state index contributed by atoms with van der Waals surface area (Å²) in [6, 6.07) is 1.93. The molecule has 0 amide bonds. The number of nitrogens with one attached hydrogen (secondary N) is 1. The number of halogens is 3. The molecule has 2 aromatic rings. The second-order valence-corrected chi connectivity index (χ2v) is 2.79. The Kier molecular flexibility index (Phi) is 2.22. The summed E-state index contributed by atoms with van der Waals surface area (Å²) >= 11 is 0. The number of aromatic nitrogens is 5. The predicted octanol–water partition coefficient (Wildman–Crippen LogP) is 0.369. The molecule has 0 spiro atoms. The van der Waals surface area contributed by atoms with Crippen LogP contribution in [-0.4, -0.2) is 25.2 Å². The number of H-pyrrole nitrogens is 1. The van der Waals surface area contributed by atoms with Crippen molar-refractivity contribution in [2.24, 2.45) is 0 Å². The molecule has 0 saturated heterocycles. The van der Waals surface area contributed by atoms with Crippen LogP contribution >= 0.6 is 0 Å². The van der Waals surface area contributed by atoms with Gasteiger partial charge in [0.05, 0.1) is 0 Å². The first-order valence-corrected chi connectivity index (χ1v) is 4.03. The van der Waals surface area contributed by atoms with E-state index >= 15 is 0 Å². The van der Waals surface area contributed by atoms with Gasteiger partial charge in [-0.25, -0.2) is 14.9 Å². The molecule has 0 aliphatic carbocycles. The van der Waals surface area contributed by atoms with Gasteiger partial charge in [-0.1, -0.05) is 0 Å². The van der Waals surface area contributed by atoms with Crippen molar-refractivity contribution in [3.63, 3.8) is 0 Å². The third-order valence-corrected chi connectivity index (χ3v) is 1.76. The van der Waals surface area contributed by atoms with Crippen molar-refractivity contribution < 1.29 is 13.2 Å². The summed E-state index contributed by atoms with van der Waals surface area (Å²) < 4.78 is 38.1. The number of aromatic amines is 1. The van der Waals surface area contributed by atoms with E-state index in [1.807, 2.05) is 5.10 Å². The van der Waals surface area contributed by atoms with E-state index in [4.69, 9.17) is 0 Å². The fourth-order valence-corrected chi connectivity index (χ4v) is 1.12. The molecule has 0 atom stereocenters. The van der Waals surface area contributed by atoms with Crippen LogP contribution in [-0.2, 0) is 6.18 Å². The smallest absolute Gasteiger partial charge is 0.244 e. The quantitative estimate of drug-likeness (QED) is 0.769. The standard InChI is InChI=1S/C7H4F3N5O/c8-7(9,10)4-2-1-3-11-5(4)15-6(16)12-13-14-15/h1-3H,(H,12,14,16). The van der Waals surface area contributed by atoms with Gasteiger partial charge in [0.15, 0.2) is 5.82 Å². The predicted molar refractivity (Wildman–Crippen MR) is 44.8 cm³/mol. The van der Waals surface area contributed by atoms with Gasteiger partial charge in [-0.2, -0.15) is 13.2 Å². The minimum absolute atomic E-state index is 0.447. The molecular weight excluding hydrogens is 227 g/mol. The van der Waals surface area contributed by atoms with Crippen LogP contribution < -0.4 is 5.69 Å². The summed E-state index contributed by atoms with van der Waals surface area (Å²) in [5.74, 6) is -0.603. The van der Waals surface area contributed by atoms with E-state index < -0.39 is 23.2 Å². The van der Waals surface area contributed by atoms with Crippen molar-refractivity contribution in [2.45, 2.75) is 6.18 Å². The first-order valence-electron chi connectivity index (χ1n) is 4.03. The van der Waals surface area contributed by atoms with Gasteiger partial charge in [-0.15, -0.1) is 4.68 Å². The third kappa shape index (κ3) is 1.66. The minimum atomic E-state index is -4.61. The molecule has 0 saturated carbocycles. The zero-order chi connectivity index (χ0) is 11.8. The molecule has 16 heavy (non-hydrogen) atoms. The second-order valence-electron chi connectivity index (χ2n) is 2.79. The van der Waals surface area contributed by atoms with Crippen LogP contribution in [0.1, 0.15) is 5.56 Å². The van der Waals surface area contributed by atoms with Crippen molar-refractivity contribution >= 4 is 0 Å². The number of hydrogen-bond acceptors (Lipinski definition) is 4. The van der Waals surface area contributed by atoms with Crippen molar-refractivity contribution in [3.05, 3.63) is 34.4 Å². The zero-order valence-corrected chi connectivity index (χ0v) is 7.56. The first kappa shape index (κ1) is 10.3. The Morgan fingerprint density at radius 3 is 2.69 bits per heavy atom. The summed E-state index contributed by atoms with van der Waals surface area (Å²) in [5.41, 5.74) is -1.93. The summed E-state index contributed by atoms with van der Waals surface area (Å²) in [5, 5.41) is 8.17. The van der Waals surface area contributed by atoms with Gasteiger partial charge in [-0.3, -0.25) is 0 Å². The highest BCUT2D eigenvalue weighted by Gasteiger charge is 2.35. The second kappa shape index (κ2) is 3.43. The molecule has 2 heterocycles. The zero-order valence-electron chi connectivity index (χ0n) is 7.56. The van der Waals surface area contributed by atoms with E-state index in [2.05, 4.69) is 15.4 Å². The van der Waals surface area contributed by atoms with Gasteiger partial charge in [0, 0.05) is 6.20 Å². The van der Waals surface area contributed by atoms with Gasteiger partial charge in [0.2, 0.25) is 0 Å². The van der Waals surface area contributed by atoms with Crippen LogP contribution in [0, 0.1) is 0 Å². The van der Waals surface area contributed by atoms with Crippen molar-refractivity contribution in [3.8, 4) is 5.82 Å². The summed E-state index contributed by atoms with van der Waals surface area (Å²) in [4.78, 5) is 14.5. The molecule has 0 aliphatic heterocycles. The van der Waals surface area contributed by atoms with Crippen LogP contribution in [0.3, 0.4) is 0 Å². The number of alkyl halides is 3. The third-order valence-electron chi connectivity index (χ3n) is 1.76. The van der Waals surface area contributed by atoms with Crippen LogP contribution in [0.25, 0.3) is 5.82 Å². The summed E-state index contributed by atoms with van der Waals surface area (Å²) in [7, 11) is 0. The topological polar surface area (TPSA) is 76.5 Å². The molecule has 0 bridgehead atoms. The Hall–Kier alpha value is -2.19. The molecule has 0 radical (unpaired) electrons. The minimum Gasteiger partial charge on any atom is -0.244 e. The molecule has 2 rings (SSSR count). The normalized spacial score (nSPS) is 11.7. The maximum absolute atomic E-state index is 12.6. The van der Waals surface area contributed by atoms with E-state index in [9.17, 15) is 18.0 Å². The van der Waals surface area contributed by atoms with Crippen LogP contribution in [0.2, 0.25) is 0 Å². The fourth-order valence-electron chi connectivity index (χ4n) is 1.12. The largest absolute Gasteiger partial charge is 0.420 e.